The summed E-state index contributed by atoms with van der Waals surface area (Å²) in [6.07, 6.45) is 1.49. The molecule has 5 nitrogen and oxygen atoms in total. The van der Waals surface area contributed by atoms with E-state index in [0.717, 1.165) is 17.5 Å². The van der Waals surface area contributed by atoms with Crippen LogP contribution >= 0.6 is 12.2 Å². The second-order valence-corrected chi connectivity index (χ2v) is 6.80. The second kappa shape index (κ2) is 9.50. The van der Waals surface area contributed by atoms with Crippen LogP contribution in [0.5, 0.6) is 5.75 Å². The van der Waals surface area contributed by atoms with Crippen LogP contribution in [0.15, 0.2) is 42.5 Å². The lowest BCUT2D eigenvalue weighted by molar-refractivity contribution is 0.0512. The summed E-state index contributed by atoms with van der Waals surface area (Å²) >= 11 is 5.29. The molecule has 148 valence electrons. The highest BCUT2D eigenvalue weighted by atomic mass is 32.1. The summed E-state index contributed by atoms with van der Waals surface area (Å²) in [4.78, 5) is 12.0. The van der Waals surface area contributed by atoms with Crippen LogP contribution in [0.25, 0.3) is 0 Å². The van der Waals surface area contributed by atoms with E-state index in [9.17, 15) is 9.18 Å². The Morgan fingerprint density at radius 3 is 2.79 bits per heavy atom. The SMILES string of the molecule is CCOc1ccc(C(=O)OCCNC(=S)NC2CCc3c(F)cccc32)cc1. The van der Waals surface area contributed by atoms with Crippen molar-refractivity contribution < 1.29 is 18.7 Å². The van der Waals surface area contributed by atoms with Gasteiger partial charge in [0.05, 0.1) is 24.8 Å². The van der Waals surface area contributed by atoms with Crippen LogP contribution in [0.1, 0.15) is 40.9 Å². The fourth-order valence-corrected chi connectivity index (χ4v) is 3.46. The monoisotopic (exact) mass is 402 g/mol. The number of carbonyl (C=O) groups excluding carboxylic acids is 1. The number of hydrogen-bond acceptors (Lipinski definition) is 4. The quantitative estimate of drug-likeness (QED) is 0.420. The average Bonchev–Trinajstić information content (AvgIpc) is 3.10. The molecule has 3 rings (SSSR count). The maximum atomic E-state index is 13.8. The third-order valence-corrected chi connectivity index (χ3v) is 4.80. The minimum atomic E-state index is -0.399. The summed E-state index contributed by atoms with van der Waals surface area (Å²) in [5.41, 5.74) is 2.17. The minimum Gasteiger partial charge on any atom is -0.494 e. The molecule has 0 bridgehead atoms. The lowest BCUT2D eigenvalue weighted by Gasteiger charge is -2.17. The molecule has 0 fully saturated rings. The summed E-state index contributed by atoms with van der Waals surface area (Å²) in [5.74, 6) is 0.149. The van der Waals surface area contributed by atoms with E-state index in [-0.39, 0.29) is 18.5 Å². The maximum absolute atomic E-state index is 13.8. The van der Waals surface area contributed by atoms with Gasteiger partial charge >= 0.3 is 5.97 Å². The van der Waals surface area contributed by atoms with Gasteiger partial charge in [-0.2, -0.15) is 0 Å². The number of thiocarbonyl (C=S) groups is 1. The number of esters is 1. The van der Waals surface area contributed by atoms with E-state index >= 15 is 0 Å². The number of ether oxygens (including phenoxy) is 2. The zero-order valence-electron chi connectivity index (χ0n) is 15.7. The largest absolute Gasteiger partial charge is 0.494 e. The summed E-state index contributed by atoms with van der Waals surface area (Å²) in [7, 11) is 0. The van der Waals surface area contributed by atoms with E-state index in [1.807, 2.05) is 13.0 Å². The third kappa shape index (κ3) is 4.98. The van der Waals surface area contributed by atoms with Crippen molar-refractivity contribution in [3.8, 4) is 5.75 Å². The molecule has 0 heterocycles. The van der Waals surface area contributed by atoms with Crippen LogP contribution in [-0.4, -0.2) is 30.8 Å². The van der Waals surface area contributed by atoms with Gasteiger partial charge < -0.3 is 20.1 Å². The van der Waals surface area contributed by atoms with E-state index in [4.69, 9.17) is 21.7 Å². The molecule has 2 aromatic rings. The molecule has 0 saturated heterocycles. The van der Waals surface area contributed by atoms with Crippen molar-refractivity contribution >= 4 is 23.3 Å². The number of rotatable bonds is 7. The summed E-state index contributed by atoms with van der Waals surface area (Å²) < 4.78 is 24.4. The Bertz CT molecular complexity index is 842. The predicted molar refractivity (Wildman–Crippen MR) is 109 cm³/mol. The van der Waals surface area contributed by atoms with E-state index in [1.54, 1.807) is 30.3 Å². The van der Waals surface area contributed by atoms with Gasteiger partial charge in [-0.15, -0.1) is 0 Å². The minimum absolute atomic E-state index is 0.00268. The normalized spacial score (nSPS) is 14.9. The molecule has 0 spiro atoms. The van der Waals surface area contributed by atoms with Crippen molar-refractivity contribution in [3.63, 3.8) is 0 Å². The van der Waals surface area contributed by atoms with Gasteiger partial charge in [-0.05, 0) is 73.4 Å². The molecular weight excluding hydrogens is 379 g/mol. The smallest absolute Gasteiger partial charge is 0.338 e. The van der Waals surface area contributed by atoms with Crippen molar-refractivity contribution in [2.75, 3.05) is 19.8 Å². The zero-order valence-corrected chi connectivity index (χ0v) is 16.5. The Kier molecular flexibility index (Phi) is 6.81. The van der Waals surface area contributed by atoms with Crippen LogP contribution in [0, 0.1) is 5.82 Å². The molecule has 1 atom stereocenters. The van der Waals surface area contributed by atoms with Crippen molar-refractivity contribution in [1.29, 1.82) is 0 Å². The predicted octanol–water partition coefficient (Wildman–Crippen LogP) is 3.53. The van der Waals surface area contributed by atoms with Gasteiger partial charge in [0, 0.05) is 0 Å². The fourth-order valence-electron chi connectivity index (χ4n) is 3.21. The Hall–Kier alpha value is -2.67. The highest BCUT2D eigenvalue weighted by Crippen LogP contribution is 2.32. The van der Waals surface area contributed by atoms with Crippen LogP contribution in [0.4, 0.5) is 4.39 Å². The van der Waals surface area contributed by atoms with E-state index < -0.39 is 5.97 Å². The van der Waals surface area contributed by atoms with Gasteiger partial charge in [0.25, 0.3) is 0 Å². The maximum Gasteiger partial charge on any atom is 0.338 e. The number of carbonyl (C=O) groups is 1. The van der Waals surface area contributed by atoms with Crippen molar-refractivity contribution in [1.82, 2.24) is 10.6 Å². The average molecular weight is 402 g/mol. The number of fused-ring (bicyclic) bond motifs is 1. The number of nitrogens with one attached hydrogen (secondary N) is 2. The molecule has 28 heavy (non-hydrogen) atoms. The molecule has 1 aliphatic carbocycles. The van der Waals surface area contributed by atoms with Crippen LogP contribution in [0.3, 0.4) is 0 Å². The Balaban J connectivity index is 1.39. The van der Waals surface area contributed by atoms with Gasteiger partial charge in [0.1, 0.15) is 18.2 Å². The zero-order chi connectivity index (χ0) is 19.9. The fraction of sp³-hybridized carbons (Fsp3) is 0.333. The highest BCUT2D eigenvalue weighted by molar-refractivity contribution is 7.80. The molecule has 1 unspecified atom stereocenters. The molecule has 0 amide bonds. The first-order chi connectivity index (χ1) is 13.6. The van der Waals surface area contributed by atoms with Crippen molar-refractivity contribution in [2.24, 2.45) is 0 Å². The standard InChI is InChI=1S/C21H23FN2O3S/c1-2-26-15-8-6-14(7-9-15)20(25)27-13-12-23-21(28)24-19-11-10-16-17(19)4-3-5-18(16)22/h3-9,19H,2,10-13H2,1H3,(H2,23,24,28). The Labute approximate surface area is 169 Å². The number of hydrogen-bond donors (Lipinski definition) is 2. The van der Waals surface area contributed by atoms with Gasteiger partial charge in [-0.25, -0.2) is 9.18 Å². The van der Waals surface area contributed by atoms with E-state index in [0.29, 0.717) is 36.0 Å². The highest BCUT2D eigenvalue weighted by Gasteiger charge is 2.25. The van der Waals surface area contributed by atoms with Crippen LogP contribution < -0.4 is 15.4 Å². The summed E-state index contributed by atoms with van der Waals surface area (Å²) in [6.45, 7) is 3.05. The van der Waals surface area contributed by atoms with Crippen molar-refractivity contribution in [3.05, 3.63) is 65.0 Å². The molecule has 2 aromatic carbocycles. The molecule has 0 radical (unpaired) electrons. The van der Waals surface area contributed by atoms with Gasteiger partial charge in [0.2, 0.25) is 0 Å². The first-order valence-corrected chi connectivity index (χ1v) is 9.71. The first kappa shape index (κ1) is 20.1. The number of halogens is 1. The molecule has 0 aromatic heterocycles. The second-order valence-electron chi connectivity index (χ2n) is 6.39. The van der Waals surface area contributed by atoms with E-state index in [1.165, 1.54) is 6.07 Å². The topological polar surface area (TPSA) is 59.6 Å². The molecule has 1 aliphatic rings. The molecular formula is C21H23FN2O3S. The lowest BCUT2D eigenvalue weighted by Crippen LogP contribution is -2.38. The Morgan fingerprint density at radius 2 is 2.04 bits per heavy atom. The summed E-state index contributed by atoms with van der Waals surface area (Å²) in [6, 6.07) is 11.9. The molecule has 0 saturated carbocycles. The van der Waals surface area contributed by atoms with Crippen LogP contribution in [0.2, 0.25) is 0 Å². The summed E-state index contributed by atoms with van der Waals surface area (Å²) in [5, 5.41) is 6.67. The molecule has 2 N–H and O–H groups in total. The van der Waals surface area contributed by atoms with E-state index in [2.05, 4.69) is 10.6 Å². The van der Waals surface area contributed by atoms with Crippen LogP contribution in [-0.2, 0) is 11.2 Å². The Morgan fingerprint density at radius 1 is 1.25 bits per heavy atom. The van der Waals surface area contributed by atoms with Gasteiger partial charge in [-0.1, -0.05) is 12.1 Å². The van der Waals surface area contributed by atoms with Crippen molar-refractivity contribution in [2.45, 2.75) is 25.8 Å². The van der Waals surface area contributed by atoms with Gasteiger partial charge in [0.15, 0.2) is 5.11 Å². The van der Waals surface area contributed by atoms with Gasteiger partial charge in [-0.3, -0.25) is 0 Å². The molecule has 7 heteroatoms. The third-order valence-electron chi connectivity index (χ3n) is 4.54. The first-order valence-electron chi connectivity index (χ1n) is 9.30. The number of benzene rings is 2. The lowest BCUT2D eigenvalue weighted by atomic mass is 10.1. The molecule has 0 aliphatic heterocycles.